The predicted octanol–water partition coefficient (Wildman–Crippen LogP) is 6.51. The minimum Gasteiger partial charge on any atom is -0.486 e. The molecule has 3 aromatic carbocycles. The quantitative estimate of drug-likeness (QED) is 0.389. The summed E-state index contributed by atoms with van der Waals surface area (Å²) in [5.74, 6) is -1.17. The monoisotopic (exact) mass is 499 g/mol. The van der Waals surface area contributed by atoms with Crippen LogP contribution < -0.4 is 9.64 Å². The molecule has 0 bridgehead atoms. The zero-order valence-electron chi connectivity index (χ0n) is 16.8. The minimum absolute atomic E-state index is 0.134. The van der Waals surface area contributed by atoms with Crippen molar-refractivity contribution in [3.8, 4) is 5.75 Å². The molecule has 0 aromatic heterocycles. The number of carboxylic acid groups (broad SMARTS) is 1. The number of hydrogen-bond donors (Lipinski definition) is 1. The maximum Gasteiger partial charge on any atom is 0.335 e. The van der Waals surface area contributed by atoms with E-state index in [9.17, 15) is 14.4 Å². The van der Waals surface area contributed by atoms with Crippen LogP contribution in [0.3, 0.4) is 0 Å². The van der Waals surface area contributed by atoms with Crippen LogP contribution >= 0.6 is 35.0 Å². The van der Waals surface area contributed by atoms with E-state index in [1.165, 1.54) is 12.1 Å². The Morgan fingerprint density at radius 1 is 1.00 bits per heavy atom. The van der Waals surface area contributed by atoms with Gasteiger partial charge in [0.05, 0.1) is 26.2 Å². The molecule has 9 heteroatoms. The average Bonchev–Trinajstić information content (AvgIpc) is 3.06. The highest BCUT2D eigenvalue weighted by atomic mass is 35.5. The lowest BCUT2D eigenvalue weighted by Gasteiger charge is -2.12. The number of aromatic carboxylic acids is 1. The average molecular weight is 500 g/mol. The Kier molecular flexibility index (Phi) is 6.74. The Morgan fingerprint density at radius 3 is 2.24 bits per heavy atom. The second-order valence-corrected chi connectivity index (χ2v) is 8.76. The molecular formula is C24H15Cl2NO5S. The van der Waals surface area contributed by atoms with Crippen molar-refractivity contribution in [2.75, 3.05) is 4.90 Å². The van der Waals surface area contributed by atoms with E-state index in [0.717, 1.165) is 22.2 Å². The number of carbonyl (C=O) groups is 3. The highest BCUT2D eigenvalue weighted by molar-refractivity contribution is 8.19. The van der Waals surface area contributed by atoms with Gasteiger partial charge in [-0.15, -0.1) is 0 Å². The number of ether oxygens (including phenoxy) is 1. The third-order valence-electron chi connectivity index (χ3n) is 4.71. The topological polar surface area (TPSA) is 83.9 Å². The number of halogens is 2. The van der Waals surface area contributed by atoms with E-state index in [0.29, 0.717) is 11.3 Å². The van der Waals surface area contributed by atoms with E-state index in [1.807, 2.05) is 0 Å². The lowest BCUT2D eigenvalue weighted by Crippen LogP contribution is -2.27. The zero-order valence-corrected chi connectivity index (χ0v) is 19.2. The van der Waals surface area contributed by atoms with Crippen molar-refractivity contribution in [1.82, 2.24) is 0 Å². The minimum atomic E-state index is -1.01. The fourth-order valence-electron chi connectivity index (χ4n) is 3.12. The van der Waals surface area contributed by atoms with Crippen molar-refractivity contribution >= 4 is 63.8 Å². The molecule has 0 unspecified atom stereocenters. The highest BCUT2D eigenvalue weighted by Gasteiger charge is 2.36. The molecule has 4 rings (SSSR count). The first-order valence-corrected chi connectivity index (χ1v) is 11.2. The summed E-state index contributed by atoms with van der Waals surface area (Å²) >= 11 is 13.6. The van der Waals surface area contributed by atoms with Crippen LogP contribution in [0.25, 0.3) is 6.08 Å². The van der Waals surface area contributed by atoms with Gasteiger partial charge in [-0.3, -0.25) is 9.59 Å². The molecule has 0 saturated carbocycles. The van der Waals surface area contributed by atoms with Crippen LogP contribution in [-0.2, 0) is 11.4 Å². The normalized spacial score (nSPS) is 14.7. The van der Waals surface area contributed by atoms with Gasteiger partial charge in [0.15, 0.2) is 5.75 Å². The van der Waals surface area contributed by atoms with Crippen molar-refractivity contribution < 1.29 is 24.2 Å². The van der Waals surface area contributed by atoms with Crippen LogP contribution in [0, 0.1) is 0 Å². The number of carbonyl (C=O) groups excluding carboxylic acids is 2. The van der Waals surface area contributed by atoms with E-state index < -0.39 is 11.9 Å². The van der Waals surface area contributed by atoms with Crippen molar-refractivity contribution in [2.24, 2.45) is 0 Å². The lowest BCUT2D eigenvalue weighted by molar-refractivity contribution is -0.113. The molecule has 3 aromatic rings. The first-order valence-electron chi connectivity index (χ1n) is 9.60. The van der Waals surface area contributed by atoms with E-state index in [4.69, 9.17) is 33.0 Å². The zero-order chi connectivity index (χ0) is 23.5. The van der Waals surface area contributed by atoms with Gasteiger partial charge in [-0.25, -0.2) is 9.69 Å². The van der Waals surface area contributed by atoms with Crippen molar-refractivity contribution in [3.05, 3.63) is 98.4 Å². The maximum absolute atomic E-state index is 12.8. The Labute approximate surface area is 203 Å². The van der Waals surface area contributed by atoms with E-state index in [1.54, 1.807) is 60.7 Å². The Hall–Kier alpha value is -3.26. The molecule has 1 heterocycles. The fourth-order valence-corrected chi connectivity index (χ4v) is 4.57. The van der Waals surface area contributed by atoms with Crippen LogP contribution in [-0.4, -0.2) is 22.2 Å². The summed E-state index contributed by atoms with van der Waals surface area (Å²) in [5.41, 5.74) is 1.96. The molecule has 6 nitrogen and oxygen atoms in total. The largest absolute Gasteiger partial charge is 0.486 e. The number of hydrogen-bond acceptors (Lipinski definition) is 5. The smallest absolute Gasteiger partial charge is 0.335 e. The number of carboxylic acids is 1. The summed E-state index contributed by atoms with van der Waals surface area (Å²) in [5, 5.41) is 9.06. The summed E-state index contributed by atoms with van der Waals surface area (Å²) in [6.45, 7) is 0.134. The predicted molar refractivity (Wildman–Crippen MR) is 129 cm³/mol. The molecule has 2 amide bonds. The molecule has 1 aliphatic heterocycles. The molecule has 1 N–H and O–H groups in total. The Balaban J connectivity index is 1.51. The van der Waals surface area contributed by atoms with Gasteiger partial charge >= 0.3 is 5.97 Å². The number of rotatable bonds is 6. The van der Waals surface area contributed by atoms with Gasteiger partial charge < -0.3 is 9.84 Å². The number of nitrogens with zero attached hydrogens (tertiary/aromatic N) is 1. The Bertz CT molecular complexity index is 1250. The van der Waals surface area contributed by atoms with Gasteiger partial charge in [0.1, 0.15) is 6.61 Å². The SMILES string of the molecule is O=C(O)c1ccc(COc2c(Cl)cc(/C=C3\SC(=O)N(c4ccccc4)C3=O)cc2Cl)cc1. The summed E-state index contributed by atoms with van der Waals surface area (Å²) in [6, 6.07) is 18.1. The number of amides is 2. The lowest BCUT2D eigenvalue weighted by atomic mass is 10.1. The van der Waals surface area contributed by atoms with Crippen LogP contribution in [0.15, 0.2) is 71.6 Å². The first-order chi connectivity index (χ1) is 15.8. The van der Waals surface area contributed by atoms with Crippen LogP contribution in [0.2, 0.25) is 10.0 Å². The van der Waals surface area contributed by atoms with Gasteiger partial charge in [-0.1, -0.05) is 53.5 Å². The van der Waals surface area contributed by atoms with E-state index in [2.05, 4.69) is 0 Å². The summed E-state index contributed by atoms with van der Waals surface area (Å²) in [4.78, 5) is 37.5. The van der Waals surface area contributed by atoms with Crippen LogP contribution in [0.5, 0.6) is 5.75 Å². The van der Waals surface area contributed by atoms with E-state index in [-0.39, 0.29) is 38.1 Å². The van der Waals surface area contributed by atoms with Gasteiger partial charge in [0.25, 0.3) is 11.1 Å². The molecule has 33 heavy (non-hydrogen) atoms. The molecule has 0 spiro atoms. The maximum atomic E-state index is 12.8. The summed E-state index contributed by atoms with van der Waals surface area (Å²) in [6.07, 6.45) is 1.56. The number of para-hydroxylation sites is 1. The van der Waals surface area contributed by atoms with E-state index >= 15 is 0 Å². The van der Waals surface area contributed by atoms with Gasteiger partial charge in [0.2, 0.25) is 0 Å². The Morgan fingerprint density at radius 2 is 1.64 bits per heavy atom. The second kappa shape index (κ2) is 9.70. The fraction of sp³-hybridized carbons (Fsp3) is 0.0417. The van der Waals surface area contributed by atoms with Crippen molar-refractivity contribution in [1.29, 1.82) is 0 Å². The molecule has 1 fully saturated rings. The molecule has 0 atom stereocenters. The molecule has 0 radical (unpaired) electrons. The van der Waals surface area contributed by atoms with Crippen LogP contribution in [0.1, 0.15) is 21.5 Å². The first kappa shape index (κ1) is 22.9. The summed E-state index contributed by atoms with van der Waals surface area (Å²) < 4.78 is 5.73. The third kappa shape index (κ3) is 5.06. The van der Waals surface area contributed by atoms with Crippen molar-refractivity contribution in [2.45, 2.75) is 6.61 Å². The summed E-state index contributed by atoms with van der Waals surface area (Å²) in [7, 11) is 0. The molecule has 1 aliphatic rings. The highest BCUT2D eigenvalue weighted by Crippen LogP contribution is 2.39. The molecule has 0 aliphatic carbocycles. The standard InChI is InChI=1S/C24H15Cl2NO5S/c25-18-10-15(12-20-22(28)27(24(31)33-20)17-4-2-1-3-5-17)11-19(26)21(18)32-13-14-6-8-16(9-7-14)23(29)30/h1-12H,13H2,(H,29,30)/b20-12-. The van der Waals surface area contributed by atoms with Gasteiger partial charge in [0, 0.05) is 0 Å². The van der Waals surface area contributed by atoms with Gasteiger partial charge in [-0.05, 0) is 65.4 Å². The van der Waals surface area contributed by atoms with Gasteiger partial charge in [-0.2, -0.15) is 0 Å². The number of anilines is 1. The van der Waals surface area contributed by atoms with Crippen LogP contribution in [0.4, 0.5) is 10.5 Å². The molecular weight excluding hydrogens is 485 g/mol. The number of benzene rings is 3. The number of thioether (sulfide) groups is 1. The number of imide groups is 1. The van der Waals surface area contributed by atoms with Crippen molar-refractivity contribution in [3.63, 3.8) is 0 Å². The second-order valence-electron chi connectivity index (χ2n) is 6.96. The molecule has 166 valence electrons. The molecule has 1 saturated heterocycles. The third-order valence-corrected chi connectivity index (χ3v) is 6.14.